The summed E-state index contributed by atoms with van der Waals surface area (Å²) in [4.78, 5) is 6.69. The molecule has 3 rings (SSSR count). The number of likely N-dealkylation sites (N-methyl/N-ethyl adjacent to an activating group) is 1. The molecule has 1 aromatic heterocycles. The van der Waals surface area contributed by atoms with Crippen molar-refractivity contribution in [1.82, 2.24) is 10.1 Å². The van der Waals surface area contributed by atoms with Crippen LogP contribution in [0.15, 0.2) is 33.8 Å². The molecule has 22 heavy (non-hydrogen) atoms. The van der Waals surface area contributed by atoms with Crippen molar-refractivity contribution < 1.29 is 9.26 Å². The van der Waals surface area contributed by atoms with Crippen LogP contribution in [-0.4, -0.2) is 42.6 Å². The van der Waals surface area contributed by atoms with Crippen LogP contribution in [-0.2, 0) is 6.54 Å². The van der Waals surface area contributed by atoms with Crippen molar-refractivity contribution in [2.24, 2.45) is 10.7 Å². The maximum atomic E-state index is 5.78. The lowest BCUT2D eigenvalue weighted by atomic mass is 10.1. The van der Waals surface area contributed by atoms with Crippen LogP contribution in [0.1, 0.15) is 18.2 Å². The van der Waals surface area contributed by atoms with Gasteiger partial charge in [-0.15, -0.1) is 0 Å². The van der Waals surface area contributed by atoms with Crippen molar-refractivity contribution in [3.8, 4) is 17.0 Å². The SMILES string of the molecule is CCOc1cc(C2=NCCN2C)ccc1-c1cc(CN)on1. The monoisotopic (exact) mass is 300 g/mol. The predicted molar refractivity (Wildman–Crippen MR) is 85.0 cm³/mol. The van der Waals surface area contributed by atoms with Gasteiger partial charge in [-0.05, 0) is 19.1 Å². The van der Waals surface area contributed by atoms with Crippen molar-refractivity contribution in [2.45, 2.75) is 13.5 Å². The molecule has 2 aromatic rings. The average molecular weight is 300 g/mol. The molecule has 2 heterocycles. The Labute approximate surface area is 129 Å². The molecular formula is C16H20N4O2. The summed E-state index contributed by atoms with van der Waals surface area (Å²) in [5.41, 5.74) is 8.26. The summed E-state index contributed by atoms with van der Waals surface area (Å²) in [6.07, 6.45) is 0. The average Bonchev–Trinajstić information content (AvgIpc) is 3.16. The van der Waals surface area contributed by atoms with Gasteiger partial charge in [0.25, 0.3) is 0 Å². The lowest BCUT2D eigenvalue weighted by molar-refractivity contribution is 0.340. The molecule has 0 radical (unpaired) electrons. The Hall–Kier alpha value is -2.34. The third-order valence-corrected chi connectivity index (χ3v) is 3.63. The van der Waals surface area contributed by atoms with Crippen LogP contribution in [0.2, 0.25) is 0 Å². The van der Waals surface area contributed by atoms with Crippen LogP contribution in [0, 0.1) is 0 Å². The van der Waals surface area contributed by atoms with Gasteiger partial charge in [0.15, 0.2) is 5.76 Å². The van der Waals surface area contributed by atoms with Gasteiger partial charge in [0.2, 0.25) is 0 Å². The number of aromatic nitrogens is 1. The molecule has 0 spiro atoms. The molecule has 1 aromatic carbocycles. The van der Waals surface area contributed by atoms with Gasteiger partial charge in [-0.3, -0.25) is 4.99 Å². The number of nitrogens with zero attached hydrogens (tertiary/aromatic N) is 3. The number of rotatable bonds is 5. The van der Waals surface area contributed by atoms with E-state index in [-0.39, 0.29) is 0 Å². The summed E-state index contributed by atoms with van der Waals surface area (Å²) < 4.78 is 11.0. The van der Waals surface area contributed by atoms with E-state index in [1.807, 2.05) is 38.2 Å². The van der Waals surface area contributed by atoms with E-state index in [1.165, 1.54) is 0 Å². The first kappa shape index (κ1) is 14.6. The summed E-state index contributed by atoms with van der Waals surface area (Å²) in [5, 5.41) is 4.07. The molecule has 0 atom stereocenters. The fourth-order valence-corrected chi connectivity index (χ4v) is 2.53. The van der Waals surface area contributed by atoms with Gasteiger partial charge < -0.3 is 19.9 Å². The molecule has 1 aliphatic heterocycles. The molecule has 0 fully saturated rings. The standard InChI is InChI=1S/C16H20N4O2/c1-3-21-15-8-11(16-18-6-7-20(16)2)4-5-13(15)14-9-12(10-17)22-19-14/h4-5,8-9H,3,6-7,10,17H2,1-2H3. The molecule has 6 nitrogen and oxygen atoms in total. The first-order valence-electron chi connectivity index (χ1n) is 7.41. The summed E-state index contributed by atoms with van der Waals surface area (Å²) in [7, 11) is 2.05. The molecule has 0 unspecified atom stereocenters. The van der Waals surface area contributed by atoms with Crippen molar-refractivity contribution >= 4 is 5.84 Å². The smallest absolute Gasteiger partial charge is 0.150 e. The van der Waals surface area contributed by atoms with Gasteiger partial charge in [0, 0.05) is 30.8 Å². The molecule has 0 saturated carbocycles. The zero-order valence-electron chi connectivity index (χ0n) is 12.9. The van der Waals surface area contributed by atoms with Gasteiger partial charge >= 0.3 is 0 Å². The fourth-order valence-electron chi connectivity index (χ4n) is 2.53. The normalized spacial score (nSPS) is 14.3. The second-order valence-corrected chi connectivity index (χ2v) is 5.15. The number of ether oxygens (including phenoxy) is 1. The third-order valence-electron chi connectivity index (χ3n) is 3.63. The Bertz CT molecular complexity index is 693. The van der Waals surface area contributed by atoms with Gasteiger partial charge in [0.05, 0.1) is 19.7 Å². The van der Waals surface area contributed by atoms with E-state index in [9.17, 15) is 0 Å². The Morgan fingerprint density at radius 3 is 2.86 bits per heavy atom. The van der Waals surface area contributed by atoms with Gasteiger partial charge in [-0.25, -0.2) is 0 Å². The molecule has 0 saturated heterocycles. The van der Waals surface area contributed by atoms with Crippen molar-refractivity contribution in [1.29, 1.82) is 0 Å². The van der Waals surface area contributed by atoms with Gasteiger partial charge in [-0.2, -0.15) is 0 Å². The van der Waals surface area contributed by atoms with Crippen LogP contribution in [0.3, 0.4) is 0 Å². The first-order valence-corrected chi connectivity index (χ1v) is 7.41. The maximum Gasteiger partial charge on any atom is 0.150 e. The van der Waals surface area contributed by atoms with Crippen LogP contribution in [0.4, 0.5) is 0 Å². The van der Waals surface area contributed by atoms with E-state index < -0.39 is 0 Å². The van der Waals surface area contributed by atoms with E-state index in [0.717, 1.165) is 41.5 Å². The Morgan fingerprint density at radius 2 is 2.23 bits per heavy atom. The highest BCUT2D eigenvalue weighted by Gasteiger charge is 2.18. The van der Waals surface area contributed by atoms with E-state index in [0.29, 0.717) is 18.9 Å². The topological polar surface area (TPSA) is 76.9 Å². The minimum atomic E-state index is 0.330. The summed E-state index contributed by atoms with van der Waals surface area (Å²) in [6, 6.07) is 7.88. The highest BCUT2D eigenvalue weighted by molar-refractivity contribution is 6.00. The number of hydrogen-bond donors (Lipinski definition) is 1. The third kappa shape index (κ3) is 2.69. The summed E-state index contributed by atoms with van der Waals surface area (Å²) in [6.45, 7) is 4.66. The minimum absolute atomic E-state index is 0.330. The Morgan fingerprint density at radius 1 is 1.36 bits per heavy atom. The molecule has 2 N–H and O–H groups in total. The highest BCUT2D eigenvalue weighted by atomic mass is 16.5. The van der Waals surface area contributed by atoms with E-state index in [1.54, 1.807) is 0 Å². The summed E-state index contributed by atoms with van der Waals surface area (Å²) >= 11 is 0. The van der Waals surface area contributed by atoms with E-state index >= 15 is 0 Å². The van der Waals surface area contributed by atoms with E-state index in [4.69, 9.17) is 15.0 Å². The Balaban J connectivity index is 2.00. The first-order chi connectivity index (χ1) is 10.7. The molecule has 0 aliphatic carbocycles. The predicted octanol–water partition coefficient (Wildman–Crippen LogP) is 1.89. The lowest BCUT2D eigenvalue weighted by Gasteiger charge is -2.16. The molecular weight excluding hydrogens is 280 g/mol. The molecule has 0 bridgehead atoms. The number of hydrogen-bond acceptors (Lipinski definition) is 6. The lowest BCUT2D eigenvalue weighted by Crippen LogP contribution is -2.23. The molecule has 0 amide bonds. The Kier molecular flexibility index (Phi) is 4.11. The second kappa shape index (κ2) is 6.19. The molecule has 6 heteroatoms. The minimum Gasteiger partial charge on any atom is -0.493 e. The fraction of sp³-hybridized carbons (Fsp3) is 0.375. The largest absolute Gasteiger partial charge is 0.493 e. The van der Waals surface area contributed by atoms with Crippen molar-refractivity contribution in [3.05, 3.63) is 35.6 Å². The number of nitrogens with two attached hydrogens (primary N) is 1. The van der Waals surface area contributed by atoms with Crippen LogP contribution >= 0.6 is 0 Å². The highest BCUT2D eigenvalue weighted by Crippen LogP contribution is 2.31. The van der Waals surface area contributed by atoms with E-state index in [2.05, 4.69) is 15.0 Å². The zero-order chi connectivity index (χ0) is 15.5. The van der Waals surface area contributed by atoms with Crippen LogP contribution in [0.5, 0.6) is 5.75 Å². The molecule has 116 valence electrons. The van der Waals surface area contributed by atoms with Crippen molar-refractivity contribution in [2.75, 3.05) is 26.7 Å². The summed E-state index contributed by atoms with van der Waals surface area (Å²) in [5.74, 6) is 2.43. The number of benzene rings is 1. The quantitative estimate of drug-likeness (QED) is 0.912. The zero-order valence-corrected chi connectivity index (χ0v) is 12.9. The van der Waals surface area contributed by atoms with Gasteiger partial charge in [-0.1, -0.05) is 11.2 Å². The van der Waals surface area contributed by atoms with Crippen LogP contribution in [0.25, 0.3) is 11.3 Å². The van der Waals surface area contributed by atoms with Crippen molar-refractivity contribution in [3.63, 3.8) is 0 Å². The molecule has 1 aliphatic rings. The second-order valence-electron chi connectivity index (χ2n) is 5.15. The number of amidine groups is 1. The number of aliphatic imine (C=N–C) groups is 1. The maximum absolute atomic E-state index is 5.78. The van der Waals surface area contributed by atoms with Crippen LogP contribution < -0.4 is 10.5 Å². The van der Waals surface area contributed by atoms with Gasteiger partial charge in [0.1, 0.15) is 17.3 Å².